The molecule has 2 amide bonds. The zero-order valence-corrected chi connectivity index (χ0v) is 17.0. The number of rotatable bonds is 4. The summed E-state index contributed by atoms with van der Waals surface area (Å²) in [7, 11) is 0. The predicted molar refractivity (Wildman–Crippen MR) is 111 cm³/mol. The molecule has 2 heterocycles. The monoisotopic (exact) mass is 406 g/mol. The first kappa shape index (κ1) is 19.8. The summed E-state index contributed by atoms with van der Waals surface area (Å²) in [5.74, 6) is -0.695. The molecule has 1 aliphatic rings. The maximum Gasteiger partial charge on any atom is 0.272 e. The van der Waals surface area contributed by atoms with Gasteiger partial charge in [0, 0.05) is 36.3 Å². The van der Waals surface area contributed by atoms with Crippen LogP contribution in [-0.2, 0) is 19.5 Å². The van der Waals surface area contributed by atoms with Gasteiger partial charge in [-0.1, -0.05) is 18.2 Å². The van der Waals surface area contributed by atoms with Crippen LogP contribution in [0.3, 0.4) is 0 Å². The van der Waals surface area contributed by atoms with E-state index < -0.39 is 0 Å². The molecule has 7 heteroatoms. The second-order valence-electron chi connectivity index (χ2n) is 7.61. The van der Waals surface area contributed by atoms with E-state index in [1.807, 2.05) is 32.0 Å². The number of carbonyl (C=O) groups is 2. The molecule has 154 valence electrons. The van der Waals surface area contributed by atoms with Crippen LogP contribution in [0.15, 0.2) is 42.5 Å². The third-order valence-electron chi connectivity index (χ3n) is 5.56. The Morgan fingerprint density at radius 1 is 1.13 bits per heavy atom. The maximum atomic E-state index is 13.0. The summed E-state index contributed by atoms with van der Waals surface area (Å²) in [5.41, 5.74) is 5.57. The molecule has 0 atom stereocenters. The van der Waals surface area contributed by atoms with Gasteiger partial charge in [-0.3, -0.25) is 14.7 Å². The Labute approximate surface area is 174 Å². The van der Waals surface area contributed by atoms with Gasteiger partial charge in [-0.25, -0.2) is 4.39 Å². The van der Waals surface area contributed by atoms with Crippen LogP contribution in [0.4, 0.5) is 4.39 Å². The number of H-pyrrole nitrogens is 1. The van der Waals surface area contributed by atoms with Gasteiger partial charge in [-0.2, -0.15) is 5.10 Å². The second-order valence-corrected chi connectivity index (χ2v) is 7.61. The van der Waals surface area contributed by atoms with Crippen LogP contribution in [0.5, 0.6) is 0 Å². The molecule has 3 aromatic rings. The molecular weight excluding hydrogens is 383 g/mol. The van der Waals surface area contributed by atoms with Crippen molar-refractivity contribution in [3.63, 3.8) is 0 Å². The van der Waals surface area contributed by atoms with E-state index in [-0.39, 0.29) is 24.2 Å². The number of aromatic amines is 1. The van der Waals surface area contributed by atoms with Gasteiger partial charge in [0.1, 0.15) is 5.82 Å². The molecule has 0 saturated carbocycles. The van der Waals surface area contributed by atoms with Crippen LogP contribution in [0.1, 0.15) is 48.8 Å². The van der Waals surface area contributed by atoms with Gasteiger partial charge < -0.3 is 10.2 Å². The van der Waals surface area contributed by atoms with Crippen molar-refractivity contribution in [1.29, 1.82) is 0 Å². The topological polar surface area (TPSA) is 78.1 Å². The van der Waals surface area contributed by atoms with Crippen LogP contribution in [0.25, 0.3) is 0 Å². The molecule has 0 saturated heterocycles. The fourth-order valence-electron chi connectivity index (χ4n) is 3.58. The average Bonchev–Trinajstić information content (AvgIpc) is 3.18. The molecule has 0 aliphatic carbocycles. The van der Waals surface area contributed by atoms with Crippen molar-refractivity contribution >= 4 is 11.8 Å². The van der Waals surface area contributed by atoms with E-state index in [0.29, 0.717) is 30.8 Å². The first-order chi connectivity index (χ1) is 14.4. The summed E-state index contributed by atoms with van der Waals surface area (Å²) >= 11 is 0. The number of aromatic nitrogens is 2. The minimum absolute atomic E-state index is 0.0531. The average molecular weight is 406 g/mol. The van der Waals surface area contributed by atoms with Crippen molar-refractivity contribution in [3.05, 3.63) is 87.5 Å². The molecular formula is C23H23FN4O2. The zero-order chi connectivity index (χ0) is 21.3. The summed E-state index contributed by atoms with van der Waals surface area (Å²) in [6.07, 6.45) is 0.615. The SMILES string of the molecule is Cc1ccc(C(=O)N2CCc3[nH]nc(C(=O)NCc4ccc(F)cc4)c3C2)cc1C. The van der Waals surface area contributed by atoms with Crippen LogP contribution in [0, 0.1) is 19.7 Å². The van der Waals surface area contributed by atoms with E-state index >= 15 is 0 Å². The highest BCUT2D eigenvalue weighted by Crippen LogP contribution is 2.23. The molecule has 2 aromatic carbocycles. The molecule has 0 unspecified atom stereocenters. The summed E-state index contributed by atoms with van der Waals surface area (Å²) < 4.78 is 13.0. The standard InChI is InChI=1S/C23H23FN4O2/c1-14-3-6-17(11-15(14)2)23(30)28-10-9-20-19(13-28)21(27-26-20)22(29)25-12-16-4-7-18(24)8-5-16/h3-8,11H,9-10,12-13H2,1-2H3,(H,25,29)(H,26,27). The third-order valence-corrected chi connectivity index (χ3v) is 5.56. The van der Waals surface area contributed by atoms with Crippen molar-refractivity contribution in [2.24, 2.45) is 0 Å². The van der Waals surface area contributed by atoms with Gasteiger partial charge >= 0.3 is 0 Å². The minimum Gasteiger partial charge on any atom is -0.347 e. The number of nitrogens with one attached hydrogen (secondary N) is 2. The summed E-state index contributed by atoms with van der Waals surface area (Å²) in [6, 6.07) is 11.6. The highest BCUT2D eigenvalue weighted by atomic mass is 19.1. The largest absolute Gasteiger partial charge is 0.347 e. The summed E-state index contributed by atoms with van der Waals surface area (Å²) in [6.45, 7) is 5.17. The minimum atomic E-state index is -0.322. The van der Waals surface area contributed by atoms with Gasteiger partial charge in [-0.05, 0) is 54.8 Å². The van der Waals surface area contributed by atoms with Crippen LogP contribution in [0.2, 0.25) is 0 Å². The highest BCUT2D eigenvalue weighted by molar-refractivity contribution is 5.96. The molecule has 1 aromatic heterocycles. The Kier molecular flexibility index (Phi) is 5.35. The lowest BCUT2D eigenvalue weighted by molar-refractivity contribution is 0.0731. The van der Waals surface area contributed by atoms with Gasteiger partial charge in [0.05, 0.1) is 6.54 Å². The van der Waals surface area contributed by atoms with Crippen molar-refractivity contribution in [2.45, 2.75) is 33.4 Å². The Bertz CT molecular complexity index is 1100. The fraction of sp³-hybridized carbons (Fsp3) is 0.261. The number of aryl methyl sites for hydroxylation is 2. The van der Waals surface area contributed by atoms with Crippen LogP contribution >= 0.6 is 0 Å². The van der Waals surface area contributed by atoms with E-state index in [1.165, 1.54) is 12.1 Å². The molecule has 30 heavy (non-hydrogen) atoms. The lowest BCUT2D eigenvalue weighted by atomic mass is 10.0. The molecule has 0 bridgehead atoms. The lowest BCUT2D eigenvalue weighted by Gasteiger charge is -2.27. The number of hydrogen-bond acceptors (Lipinski definition) is 3. The predicted octanol–water partition coefficient (Wildman–Crippen LogP) is 3.29. The van der Waals surface area contributed by atoms with E-state index in [9.17, 15) is 14.0 Å². The van der Waals surface area contributed by atoms with Gasteiger partial charge in [-0.15, -0.1) is 0 Å². The van der Waals surface area contributed by atoms with Crippen molar-refractivity contribution in [2.75, 3.05) is 6.54 Å². The van der Waals surface area contributed by atoms with Crippen LogP contribution in [-0.4, -0.2) is 33.5 Å². The van der Waals surface area contributed by atoms with Gasteiger partial charge in [0.2, 0.25) is 0 Å². The fourth-order valence-corrected chi connectivity index (χ4v) is 3.58. The van der Waals surface area contributed by atoms with E-state index in [2.05, 4.69) is 15.5 Å². The van der Waals surface area contributed by atoms with Crippen molar-refractivity contribution < 1.29 is 14.0 Å². The van der Waals surface area contributed by atoms with Gasteiger partial charge in [0.15, 0.2) is 5.69 Å². The number of fused-ring (bicyclic) bond motifs is 1. The lowest BCUT2D eigenvalue weighted by Crippen LogP contribution is -2.37. The van der Waals surface area contributed by atoms with Gasteiger partial charge in [0.25, 0.3) is 11.8 Å². The highest BCUT2D eigenvalue weighted by Gasteiger charge is 2.28. The number of hydrogen-bond donors (Lipinski definition) is 2. The Hall–Kier alpha value is -3.48. The first-order valence-electron chi connectivity index (χ1n) is 9.87. The van der Waals surface area contributed by atoms with Crippen molar-refractivity contribution in [3.8, 4) is 0 Å². The first-order valence-corrected chi connectivity index (χ1v) is 9.87. The number of carbonyl (C=O) groups excluding carboxylic acids is 2. The molecule has 0 radical (unpaired) electrons. The zero-order valence-electron chi connectivity index (χ0n) is 17.0. The number of benzene rings is 2. The summed E-state index contributed by atoms with van der Waals surface area (Å²) in [4.78, 5) is 27.4. The third kappa shape index (κ3) is 3.96. The molecule has 4 rings (SSSR count). The summed E-state index contributed by atoms with van der Waals surface area (Å²) in [5, 5.41) is 9.92. The van der Waals surface area contributed by atoms with E-state index in [4.69, 9.17) is 0 Å². The number of halogens is 1. The normalized spacial score (nSPS) is 13.1. The van der Waals surface area contributed by atoms with E-state index in [1.54, 1.807) is 17.0 Å². The molecule has 1 aliphatic heterocycles. The quantitative estimate of drug-likeness (QED) is 0.698. The smallest absolute Gasteiger partial charge is 0.272 e. The second kappa shape index (κ2) is 8.10. The van der Waals surface area contributed by atoms with Crippen LogP contribution < -0.4 is 5.32 Å². The number of nitrogens with zero attached hydrogens (tertiary/aromatic N) is 2. The molecule has 2 N–H and O–H groups in total. The molecule has 0 spiro atoms. The Balaban J connectivity index is 1.47. The number of amides is 2. The van der Waals surface area contributed by atoms with E-state index in [0.717, 1.165) is 27.9 Å². The van der Waals surface area contributed by atoms with Crippen molar-refractivity contribution in [1.82, 2.24) is 20.4 Å². The Morgan fingerprint density at radius 2 is 1.90 bits per heavy atom. The molecule has 0 fully saturated rings. The maximum absolute atomic E-state index is 13.0. The molecule has 6 nitrogen and oxygen atoms in total. The Morgan fingerprint density at radius 3 is 2.63 bits per heavy atom.